The smallest absolute Gasteiger partial charge is 0.106 e. The Hall–Kier alpha value is -1.06. The highest BCUT2D eigenvalue weighted by Gasteiger charge is 2.09. The number of fused-ring (bicyclic) bond motifs is 1. The van der Waals surface area contributed by atoms with Gasteiger partial charge in [-0.25, -0.2) is 4.98 Å². The zero-order chi connectivity index (χ0) is 11.7. The van der Waals surface area contributed by atoms with Crippen molar-refractivity contribution in [1.29, 1.82) is 0 Å². The summed E-state index contributed by atoms with van der Waals surface area (Å²) in [7, 11) is 2.02. The second kappa shape index (κ2) is 4.44. The zero-order valence-electron chi connectivity index (χ0n) is 9.57. The molecule has 1 aromatic carbocycles. The number of rotatable bonds is 3. The van der Waals surface area contributed by atoms with Gasteiger partial charge in [0.15, 0.2) is 0 Å². The van der Waals surface area contributed by atoms with Crippen molar-refractivity contribution in [1.82, 2.24) is 9.55 Å². The molecule has 0 bridgehead atoms. The molecule has 0 amide bonds. The summed E-state index contributed by atoms with van der Waals surface area (Å²) in [6.07, 6.45) is 0.791. The fourth-order valence-electron chi connectivity index (χ4n) is 1.85. The average Bonchev–Trinajstić information content (AvgIpc) is 2.55. The molecule has 1 aromatic heterocycles. The Kier molecular flexibility index (Phi) is 3.17. The Morgan fingerprint density at radius 3 is 2.94 bits per heavy atom. The molecule has 4 heteroatoms. The van der Waals surface area contributed by atoms with Gasteiger partial charge in [0.25, 0.3) is 0 Å². The minimum Gasteiger partial charge on any atom is -0.331 e. The number of aromatic nitrogens is 2. The molecule has 1 heterocycles. The van der Waals surface area contributed by atoms with Crippen LogP contribution in [0.4, 0.5) is 0 Å². The van der Waals surface area contributed by atoms with Crippen LogP contribution < -0.4 is 5.73 Å². The van der Waals surface area contributed by atoms with Gasteiger partial charge in [0.05, 0.1) is 11.0 Å². The van der Waals surface area contributed by atoms with Gasteiger partial charge in [-0.05, 0) is 31.0 Å². The molecule has 16 heavy (non-hydrogen) atoms. The Labute approximate surface area is 100 Å². The number of alkyl halides is 1. The second-order valence-corrected chi connectivity index (χ2v) is 4.43. The molecule has 2 N–H and O–H groups in total. The van der Waals surface area contributed by atoms with Crippen LogP contribution in [0.2, 0.25) is 0 Å². The van der Waals surface area contributed by atoms with Crippen LogP contribution in [-0.4, -0.2) is 15.4 Å². The minimum absolute atomic E-state index is 0.00390. The van der Waals surface area contributed by atoms with Crippen molar-refractivity contribution in [2.45, 2.75) is 19.4 Å². The molecule has 0 aliphatic heterocycles. The van der Waals surface area contributed by atoms with Crippen LogP contribution in [-0.2, 0) is 7.05 Å². The van der Waals surface area contributed by atoms with Crippen molar-refractivity contribution in [3.63, 3.8) is 0 Å². The number of hydrogen-bond acceptors (Lipinski definition) is 2. The van der Waals surface area contributed by atoms with E-state index in [4.69, 9.17) is 17.3 Å². The molecule has 0 saturated carbocycles. The minimum atomic E-state index is 0.00390. The maximum atomic E-state index is 6.02. The van der Waals surface area contributed by atoms with E-state index < -0.39 is 0 Å². The van der Waals surface area contributed by atoms with Crippen LogP contribution in [0.3, 0.4) is 0 Å². The summed E-state index contributed by atoms with van der Waals surface area (Å²) in [5, 5.41) is 0. The molecule has 2 aromatic rings. The van der Waals surface area contributed by atoms with Gasteiger partial charge in [0, 0.05) is 19.0 Å². The maximum Gasteiger partial charge on any atom is 0.106 e. The fraction of sp³-hybridized carbons (Fsp3) is 0.417. The van der Waals surface area contributed by atoms with Crippen molar-refractivity contribution in [2.75, 3.05) is 5.88 Å². The Morgan fingerprint density at radius 1 is 1.50 bits per heavy atom. The van der Waals surface area contributed by atoms with Crippen LogP contribution in [0.1, 0.15) is 23.9 Å². The standard InChI is InChI=1S/C12H16ClN3/c1-8-15-11-7-9(10(14)5-6-13)3-4-12(11)16(8)2/h3-4,7,10H,5-6,14H2,1-2H3. The topological polar surface area (TPSA) is 43.8 Å². The largest absolute Gasteiger partial charge is 0.331 e. The number of imidazole rings is 1. The molecule has 0 saturated heterocycles. The van der Waals surface area contributed by atoms with E-state index in [2.05, 4.69) is 27.8 Å². The van der Waals surface area contributed by atoms with Crippen LogP contribution in [0.15, 0.2) is 18.2 Å². The van der Waals surface area contributed by atoms with E-state index in [-0.39, 0.29) is 6.04 Å². The van der Waals surface area contributed by atoms with Crippen LogP contribution in [0, 0.1) is 6.92 Å². The van der Waals surface area contributed by atoms with Crippen molar-refractivity contribution in [3.8, 4) is 0 Å². The molecule has 0 spiro atoms. The van der Waals surface area contributed by atoms with E-state index in [1.807, 2.05) is 14.0 Å². The van der Waals surface area contributed by atoms with E-state index in [1.54, 1.807) is 0 Å². The van der Waals surface area contributed by atoms with Gasteiger partial charge < -0.3 is 10.3 Å². The monoisotopic (exact) mass is 237 g/mol. The van der Waals surface area contributed by atoms with Gasteiger partial charge in [-0.15, -0.1) is 11.6 Å². The van der Waals surface area contributed by atoms with E-state index in [9.17, 15) is 0 Å². The first kappa shape index (κ1) is 11.4. The summed E-state index contributed by atoms with van der Waals surface area (Å²) in [6, 6.07) is 6.18. The molecule has 0 radical (unpaired) electrons. The molecule has 1 unspecified atom stereocenters. The van der Waals surface area contributed by atoms with Gasteiger partial charge in [0.1, 0.15) is 5.82 Å². The molecule has 86 valence electrons. The first-order chi connectivity index (χ1) is 7.63. The van der Waals surface area contributed by atoms with Crippen molar-refractivity contribution in [2.24, 2.45) is 12.8 Å². The highest BCUT2D eigenvalue weighted by Crippen LogP contribution is 2.21. The lowest BCUT2D eigenvalue weighted by molar-refractivity contribution is 0.704. The third-order valence-corrected chi connectivity index (χ3v) is 3.19. The molecule has 1 atom stereocenters. The van der Waals surface area contributed by atoms with Gasteiger partial charge in [-0.3, -0.25) is 0 Å². The third kappa shape index (κ3) is 1.93. The molecular formula is C12H16ClN3. The lowest BCUT2D eigenvalue weighted by Gasteiger charge is -2.09. The van der Waals surface area contributed by atoms with E-state index in [1.165, 1.54) is 0 Å². The molecule has 0 fully saturated rings. The maximum absolute atomic E-state index is 6.02. The molecule has 0 aliphatic carbocycles. The number of benzene rings is 1. The Bertz CT molecular complexity index is 504. The first-order valence-corrected chi connectivity index (χ1v) is 5.91. The van der Waals surface area contributed by atoms with Crippen LogP contribution in [0.5, 0.6) is 0 Å². The van der Waals surface area contributed by atoms with E-state index in [0.29, 0.717) is 5.88 Å². The van der Waals surface area contributed by atoms with E-state index >= 15 is 0 Å². The summed E-state index contributed by atoms with van der Waals surface area (Å²) in [5.74, 6) is 1.60. The van der Waals surface area contributed by atoms with Crippen molar-refractivity contribution >= 4 is 22.6 Å². The molecule has 2 rings (SSSR count). The number of hydrogen-bond donors (Lipinski definition) is 1. The predicted octanol–water partition coefficient (Wildman–Crippen LogP) is 2.51. The summed E-state index contributed by atoms with van der Waals surface area (Å²) < 4.78 is 2.08. The van der Waals surface area contributed by atoms with Gasteiger partial charge in [-0.2, -0.15) is 0 Å². The van der Waals surface area contributed by atoms with Gasteiger partial charge in [0.2, 0.25) is 0 Å². The van der Waals surface area contributed by atoms with Crippen LogP contribution >= 0.6 is 11.6 Å². The Balaban J connectivity index is 2.44. The highest BCUT2D eigenvalue weighted by atomic mass is 35.5. The first-order valence-electron chi connectivity index (χ1n) is 5.38. The summed E-state index contributed by atoms with van der Waals surface area (Å²) in [5.41, 5.74) is 9.27. The molecule has 0 aliphatic rings. The number of halogens is 1. The van der Waals surface area contributed by atoms with Gasteiger partial charge >= 0.3 is 0 Å². The lowest BCUT2D eigenvalue weighted by Crippen LogP contribution is -2.10. The number of nitrogens with two attached hydrogens (primary N) is 1. The fourth-order valence-corrected chi connectivity index (χ4v) is 2.09. The zero-order valence-corrected chi connectivity index (χ0v) is 10.3. The quantitative estimate of drug-likeness (QED) is 0.834. The van der Waals surface area contributed by atoms with Crippen molar-refractivity contribution in [3.05, 3.63) is 29.6 Å². The van der Waals surface area contributed by atoms with Crippen LogP contribution in [0.25, 0.3) is 11.0 Å². The SMILES string of the molecule is Cc1nc2cc(C(N)CCCl)ccc2n1C. The summed E-state index contributed by atoms with van der Waals surface area (Å²) >= 11 is 5.69. The second-order valence-electron chi connectivity index (χ2n) is 4.05. The molecular weight excluding hydrogens is 222 g/mol. The third-order valence-electron chi connectivity index (χ3n) is 2.98. The number of aryl methyl sites for hydroxylation is 2. The Morgan fingerprint density at radius 2 is 2.25 bits per heavy atom. The lowest BCUT2D eigenvalue weighted by atomic mass is 10.1. The predicted molar refractivity (Wildman–Crippen MR) is 67.7 cm³/mol. The summed E-state index contributed by atoms with van der Waals surface area (Å²) in [4.78, 5) is 4.49. The van der Waals surface area contributed by atoms with Crippen molar-refractivity contribution < 1.29 is 0 Å². The van der Waals surface area contributed by atoms with E-state index in [0.717, 1.165) is 28.8 Å². The highest BCUT2D eigenvalue weighted by molar-refractivity contribution is 6.17. The van der Waals surface area contributed by atoms with Gasteiger partial charge in [-0.1, -0.05) is 6.07 Å². The number of nitrogens with zero attached hydrogens (tertiary/aromatic N) is 2. The summed E-state index contributed by atoms with van der Waals surface area (Å²) in [6.45, 7) is 2.00. The normalized spacial score (nSPS) is 13.2. The molecule has 3 nitrogen and oxygen atoms in total. The average molecular weight is 238 g/mol.